The Kier molecular flexibility index (Phi) is 7.77. The van der Waals surface area contributed by atoms with Crippen molar-refractivity contribution in [3.63, 3.8) is 0 Å². The zero-order valence-electron chi connectivity index (χ0n) is 20.8. The molecule has 0 N–H and O–H groups in total. The molecule has 0 aliphatic carbocycles. The normalized spacial score (nSPS) is 11.4. The maximum absolute atomic E-state index is 13.8. The summed E-state index contributed by atoms with van der Waals surface area (Å²) in [6.45, 7) is 9.58. The van der Waals surface area contributed by atoms with Crippen molar-refractivity contribution in [3.8, 4) is 17.2 Å². The van der Waals surface area contributed by atoms with Crippen molar-refractivity contribution in [1.82, 2.24) is 9.88 Å². The number of hydrogen-bond donors (Lipinski definition) is 0. The van der Waals surface area contributed by atoms with Crippen LogP contribution in [0.25, 0.3) is 21.2 Å². The molecule has 0 saturated carbocycles. The average molecular weight is 498 g/mol. The van der Waals surface area contributed by atoms with Gasteiger partial charge in [-0.25, -0.2) is 4.98 Å². The highest BCUT2D eigenvalue weighted by Crippen LogP contribution is 2.40. The van der Waals surface area contributed by atoms with Crippen LogP contribution in [-0.2, 0) is 0 Å². The number of carbonyl (C=O) groups is 1. The molecule has 0 radical (unpaired) electrons. The Morgan fingerprint density at radius 1 is 1.00 bits per heavy atom. The number of methoxy groups -OCH3 is 2. The van der Waals surface area contributed by atoms with Crippen molar-refractivity contribution in [2.75, 3.05) is 51.9 Å². The van der Waals surface area contributed by atoms with Crippen molar-refractivity contribution >= 4 is 43.6 Å². The topological polar surface area (TPSA) is 77.3 Å². The number of benzene rings is 2. The van der Waals surface area contributed by atoms with Gasteiger partial charge in [-0.3, -0.25) is 9.69 Å². The van der Waals surface area contributed by atoms with E-state index in [0.717, 1.165) is 23.2 Å². The molecular weight excluding hydrogens is 466 g/mol. The highest BCUT2D eigenvalue weighted by atomic mass is 32.1. The van der Waals surface area contributed by atoms with Gasteiger partial charge in [0.05, 0.1) is 20.8 Å². The van der Waals surface area contributed by atoms with E-state index < -0.39 is 0 Å². The van der Waals surface area contributed by atoms with Crippen molar-refractivity contribution in [2.45, 2.75) is 20.8 Å². The second-order valence-electron chi connectivity index (χ2n) is 7.85. The number of para-hydroxylation sites is 1. The van der Waals surface area contributed by atoms with E-state index in [-0.39, 0.29) is 11.7 Å². The van der Waals surface area contributed by atoms with Gasteiger partial charge >= 0.3 is 0 Å². The minimum atomic E-state index is -0.257. The molecule has 0 saturated heterocycles. The van der Waals surface area contributed by atoms with Gasteiger partial charge in [0.15, 0.2) is 22.2 Å². The monoisotopic (exact) mass is 497 g/mol. The Balaban J connectivity index is 1.78. The van der Waals surface area contributed by atoms with E-state index in [1.165, 1.54) is 11.3 Å². The summed E-state index contributed by atoms with van der Waals surface area (Å²) in [6, 6.07) is 11.1. The smallest absolute Gasteiger partial charge is 0.295 e. The number of likely N-dealkylation sites (N-methyl/N-ethyl adjacent to an activating group) is 1. The molecule has 1 amide bonds. The summed E-state index contributed by atoms with van der Waals surface area (Å²) in [5.74, 6) is 1.92. The summed E-state index contributed by atoms with van der Waals surface area (Å²) < 4.78 is 23.6. The molecule has 8 nitrogen and oxygen atoms in total. The van der Waals surface area contributed by atoms with E-state index in [1.54, 1.807) is 25.2 Å². The number of anilines is 1. The van der Waals surface area contributed by atoms with Crippen LogP contribution in [0, 0.1) is 0 Å². The molecule has 2 aromatic heterocycles. The summed E-state index contributed by atoms with van der Waals surface area (Å²) in [6.07, 6.45) is 0. The molecule has 2 heterocycles. The third kappa shape index (κ3) is 4.92. The summed E-state index contributed by atoms with van der Waals surface area (Å²) in [5, 5.41) is 1.38. The fourth-order valence-corrected chi connectivity index (χ4v) is 5.10. The number of rotatable bonds is 11. The number of amides is 1. The predicted molar refractivity (Wildman–Crippen MR) is 140 cm³/mol. The Morgan fingerprint density at radius 2 is 1.74 bits per heavy atom. The third-order valence-electron chi connectivity index (χ3n) is 5.93. The van der Waals surface area contributed by atoms with E-state index in [2.05, 4.69) is 18.7 Å². The maximum atomic E-state index is 13.8. The van der Waals surface area contributed by atoms with Gasteiger partial charge in [0, 0.05) is 18.5 Å². The van der Waals surface area contributed by atoms with Crippen LogP contribution in [0.5, 0.6) is 17.2 Å². The molecule has 0 unspecified atom stereocenters. The fraction of sp³-hybridized carbons (Fsp3) is 0.385. The second-order valence-corrected chi connectivity index (χ2v) is 8.82. The van der Waals surface area contributed by atoms with E-state index in [1.807, 2.05) is 37.3 Å². The van der Waals surface area contributed by atoms with Gasteiger partial charge in [0.25, 0.3) is 5.91 Å². The molecular formula is C26H31N3O5S. The summed E-state index contributed by atoms with van der Waals surface area (Å²) in [7, 11) is 3.22. The quantitative estimate of drug-likeness (QED) is 0.273. The van der Waals surface area contributed by atoms with Gasteiger partial charge in [-0.05, 0) is 44.3 Å². The highest BCUT2D eigenvalue weighted by molar-refractivity contribution is 7.22. The first-order valence-electron chi connectivity index (χ1n) is 11.8. The molecule has 9 heteroatoms. The van der Waals surface area contributed by atoms with Crippen LogP contribution in [0.3, 0.4) is 0 Å². The van der Waals surface area contributed by atoms with Crippen molar-refractivity contribution in [1.29, 1.82) is 0 Å². The van der Waals surface area contributed by atoms with Crippen LogP contribution in [0.2, 0.25) is 0 Å². The number of nitrogens with zero attached hydrogens (tertiary/aromatic N) is 3. The van der Waals surface area contributed by atoms with Crippen LogP contribution in [-0.4, -0.2) is 62.8 Å². The highest BCUT2D eigenvalue weighted by Gasteiger charge is 2.27. The molecule has 0 bridgehead atoms. The van der Waals surface area contributed by atoms with Gasteiger partial charge in [-0.15, -0.1) is 0 Å². The second kappa shape index (κ2) is 11.0. The number of aromatic nitrogens is 1. The Bertz CT molecular complexity index is 1270. The maximum Gasteiger partial charge on any atom is 0.295 e. The minimum absolute atomic E-state index is 0.241. The number of furan rings is 1. The zero-order valence-corrected chi connectivity index (χ0v) is 21.6. The van der Waals surface area contributed by atoms with Gasteiger partial charge in [0.2, 0.25) is 0 Å². The lowest BCUT2D eigenvalue weighted by Crippen LogP contribution is -2.38. The zero-order chi connectivity index (χ0) is 24.9. The number of carbonyl (C=O) groups excluding carboxylic acids is 1. The van der Waals surface area contributed by atoms with Gasteiger partial charge < -0.3 is 23.5 Å². The molecule has 4 aromatic rings. The lowest BCUT2D eigenvalue weighted by atomic mass is 10.2. The summed E-state index contributed by atoms with van der Waals surface area (Å²) in [5.41, 5.74) is 1.23. The fourth-order valence-electron chi connectivity index (χ4n) is 4.00. The average Bonchev–Trinajstić information content (AvgIpc) is 3.51. The lowest BCUT2D eigenvalue weighted by molar-refractivity contribution is 0.0959. The molecule has 4 rings (SSSR count). The number of ether oxygens (including phenoxy) is 3. The molecule has 2 aromatic carbocycles. The van der Waals surface area contributed by atoms with E-state index in [0.29, 0.717) is 53.2 Å². The summed E-state index contributed by atoms with van der Waals surface area (Å²) >= 11 is 1.40. The van der Waals surface area contributed by atoms with Crippen LogP contribution in [0.1, 0.15) is 31.3 Å². The molecule has 0 aliphatic heterocycles. The molecule has 0 aliphatic rings. The van der Waals surface area contributed by atoms with E-state index >= 15 is 0 Å². The Hall–Kier alpha value is -3.30. The Morgan fingerprint density at radius 3 is 2.43 bits per heavy atom. The van der Waals surface area contributed by atoms with Gasteiger partial charge in [0.1, 0.15) is 21.7 Å². The number of hydrogen-bond acceptors (Lipinski definition) is 8. The molecule has 186 valence electrons. The largest absolute Gasteiger partial charge is 0.495 e. The van der Waals surface area contributed by atoms with Crippen molar-refractivity contribution in [3.05, 3.63) is 42.2 Å². The first kappa shape index (κ1) is 24.8. The van der Waals surface area contributed by atoms with Crippen LogP contribution < -0.4 is 19.1 Å². The van der Waals surface area contributed by atoms with Gasteiger partial charge in [-0.2, -0.15) is 0 Å². The lowest BCUT2D eigenvalue weighted by Gasteiger charge is -2.24. The Labute approximate surface area is 209 Å². The first-order valence-corrected chi connectivity index (χ1v) is 12.6. The van der Waals surface area contributed by atoms with Crippen molar-refractivity contribution < 1.29 is 23.4 Å². The predicted octanol–water partition coefficient (Wildman–Crippen LogP) is 5.45. The van der Waals surface area contributed by atoms with Crippen LogP contribution >= 0.6 is 11.3 Å². The van der Waals surface area contributed by atoms with Crippen molar-refractivity contribution in [2.24, 2.45) is 0 Å². The number of fused-ring (bicyclic) bond motifs is 2. The molecule has 0 spiro atoms. The SMILES string of the molecule is CCOc1cccc2cc(C(=O)N(CCN(CC)CC)c3nc4c(OC)ccc(OC)c4s3)oc12. The molecule has 0 fully saturated rings. The van der Waals surface area contributed by atoms with Crippen LogP contribution in [0.15, 0.2) is 40.8 Å². The third-order valence-corrected chi connectivity index (χ3v) is 7.02. The standard InChI is InChI=1S/C26H31N3O5S/c1-6-28(7-2)14-15-29(26-27-22-18(31-4)12-13-20(32-5)24(22)35-26)25(30)21-16-17-10-9-11-19(33-8-3)23(17)34-21/h9-13,16H,6-8,14-15H2,1-5H3. The first-order chi connectivity index (χ1) is 17.0. The van der Waals surface area contributed by atoms with E-state index in [9.17, 15) is 4.79 Å². The van der Waals surface area contributed by atoms with Gasteiger partial charge in [-0.1, -0.05) is 37.3 Å². The number of thiazole rings is 1. The summed E-state index contributed by atoms with van der Waals surface area (Å²) in [4.78, 5) is 22.6. The van der Waals surface area contributed by atoms with Crippen LogP contribution in [0.4, 0.5) is 5.13 Å². The molecule has 0 atom stereocenters. The van der Waals surface area contributed by atoms with E-state index in [4.69, 9.17) is 23.6 Å². The molecule has 35 heavy (non-hydrogen) atoms. The minimum Gasteiger partial charge on any atom is -0.495 e.